The molecule has 0 aliphatic carbocycles. The summed E-state index contributed by atoms with van der Waals surface area (Å²) < 4.78 is 86.0. The standard InChI is InChI=1S/C30H22F6N2O2/c1-2-3-4-5-8-15-29(21-11-13-23(31)14-12-21,38-27(39)26-10-7-6-9-20(26)19-37)22-16-24(32)18-25(17-22)40-30(35,36)28(33)34/h2-14,16-18,28H,1,15H2,(H,38,39)/b4-3-,8-5+/t29-/m1/s1. The molecule has 0 aliphatic rings. The summed E-state index contributed by atoms with van der Waals surface area (Å²) in [6, 6.07) is 14.7. The SMILES string of the molecule is C=C/C=C\C=C\C[C@@](NC(=O)c1ccccc1C#N)(c1ccc(F)cc1)c1cc(F)cc(OC(F)(F)C(F)F)c1. The van der Waals surface area contributed by atoms with Gasteiger partial charge in [-0.05, 0) is 53.9 Å². The van der Waals surface area contributed by atoms with Crippen LogP contribution in [0, 0.1) is 23.0 Å². The maximum atomic E-state index is 14.8. The number of nitrogens with one attached hydrogen (secondary N) is 1. The molecule has 3 aromatic carbocycles. The van der Waals surface area contributed by atoms with Crippen LogP contribution in [0.1, 0.15) is 33.5 Å². The van der Waals surface area contributed by atoms with E-state index in [0.717, 1.165) is 24.3 Å². The molecule has 0 spiro atoms. The number of hydrogen-bond acceptors (Lipinski definition) is 3. The quantitative estimate of drug-likeness (QED) is 0.197. The number of alkyl halides is 4. The van der Waals surface area contributed by atoms with Gasteiger partial charge in [-0.3, -0.25) is 4.79 Å². The van der Waals surface area contributed by atoms with Crippen molar-refractivity contribution in [1.82, 2.24) is 5.32 Å². The van der Waals surface area contributed by atoms with Crippen LogP contribution in [0.5, 0.6) is 5.75 Å². The fourth-order valence-corrected chi connectivity index (χ4v) is 3.91. The van der Waals surface area contributed by atoms with E-state index < -0.39 is 41.4 Å². The summed E-state index contributed by atoms with van der Waals surface area (Å²) in [4.78, 5) is 13.5. The summed E-state index contributed by atoms with van der Waals surface area (Å²) in [6.07, 6.45) is -1.49. The second kappa shape index (κ2) is 12.8. The maximum Gasteiger partial charge on any atom is 0.461 e. The number of nitriles is 1. The molecule has 3 rings (SSSR count). The van der Waals surface area contributed by atoms with E-state index in [9.17, 15) is 36.4 Å². The lowest BCUT2D eigenvalue weighted by Gasteiger charge is -2.36. The average Bonchev–Trinajstić information content (AvgIpc) is 2.92. The van der Waals surface area contributed by atoms with Crippen molar-refractivity contribution < 1.29 is 35.9 Å². The molecule has 0 aromatic heterocycles. The first-order valence-corrected chi connectivity index (χ1v) is 11.7. The van der Waals surface area contributed by atoms with Gasteiger partial charge in [-0.2, -0.15) is 22.8 Å². The number of allylic oxidation sites excluding steroid dienone is 4. The van der Waals surface area contributed by atoms with Crippen LogP contribution < -0.4 is 10.1 Å². The molecule has 1 N–H and O–H groups in total. The molecule has 0 unspecified atom stereocenters. The number of hydrogen-bond donors (Lipinski definition) is 1. The summed E-state index contributed by atoms with van der Waals surface area (Å²) in [6.45, 7) is 3.55. The number of halogens is 6. The van der Waals surface area contributed by atoms with Crippen LogP contribution in [0.25, 0.3) is 0 Å². The van der Waals surface area contributed by atoms with Crippen LogP contribution >= 0.6 is 0 Å². The van der Waals surface area contributed by atoms with Crippen molar-refractivity contribution in [3.8, 4) is 11.8 Å². The van der Waals surface area contributed by atoms with Crippen LogP contribution in [-0.4, -0.2) is 18.4 Å². The zero-order valence-electron chi connectivity index (χ0n) is 20.8. The predicted molar refractivity (Wildman–Crippen MR) is 137 cm³/mol. The van der Waals surface area contributed by atoms with E-state index in [0.29, 0.717) is 6.07 Å². The molecule has 4 nitrogen and oxygen atoms in total. The highest BCUT2D eigenvalue weighted by molar-refractivity contribution is 5.97. The van der Waals surface area contributed by atoms with Crippen molar-refractivity contribution in [3.05, 3.63) is 138 Å². The highest BCUT2D eigenvalue weighted by Crippen LogP contribution is 2.38. The summed E-state index contributed by atoms with van der Waals surface area (Å²) in [5, 5.41) is 12.2. The normalized spacial score (nSPS) is 13.2. The molecule has 10 heteroatoms. The Morgan fingerprint density at radius 3 is 2.33 bits per heavy atom. The van der Waals surface area contributed by atoms with Crippen LogP contribution in [0.15, 0.2) is 104 Å². The highest BCUT2D eigenvalue weighted by atomic mass is 19.3. The van der Waals surface area contributed by atoms with Crippen LogP contribution in [0.2, 0.25) is 0 Å². The molecule has 3 aromatic rings. The van der Waals surface area contributed by atoms with Gasteiger partial charge in [-0.15, -0.1) is 0 Å². The monoisotopic (exact) mass is 556 g/mol. The molecular weight excluding hydrogens is 534 g/mol. The zero-order valence-corrected chi connectivity index (χ0v) is 20.8. The molecular formula is C30H22F6N2O2. The smallest absolute Gasteiger partial charge is 0.428 e. The molecule has 0 bridgehead atoms. The Balaban J connectivity index is 2.27. The molecule has 0 fully saturated rings. The molecule has 0 saturated heterocycles. The third kappa shape index (κ3) is 6.99. The Morgan fingerprint density at radius 2 is 1.68 bits per heavy atom. The van der Waals surface area contributed by atoms with E-state index in [1.54, 1.807) is 24.3 Å². The van der Waals surface area contributed by atoms with Gasteiger partial charge in [-0.25, -0.2) is 8.78 Å². The second-order valence-corrected chi connectivity index (χ2v) is 8.42. The van der Waals surface area contributed by atoms with Gasteiger partial charge in [0.05, 0.1) is 22.7 Å². The largest absolute Gasteiger partial charge is 0.461 e. The van der Waals surface area contributed by atoms with Gasteiger partial charge in [0.1, 0.15) is 17.4 Å². The molecule has 1 amide bonds. The van der Waals surface area contributed by atoms with Gasteiger partial charge in [0.25, 0.3) is 5.91 Å². The number of carbonyl (C=O) groups is 1. The minimum absolute atomic E-state index is 0.0114. The first-order chi connectivity index (χ1) is 19.0. The molecule has 0 saturated carbocycles. The van der Waals surface area contributed by atoms with Crippen molar-refractivity contribution in [2.45, 2.75) is 24.5 Å². The first-order valence-electron chi connectivity index (χ1n) is 11.7. The fraction of sp³-hybridized carbons (Fsp3) is 0.133. The van der Waals surface area contributed by atoms with Crippen molar-refractivity contribution in [3.63, 3.8) is 0 Å². The lowest BCUT2D eigenvalue weighted by molar-refractivity contribution is -0.253. The minimum atomic E-state index is -4.94. The van der Waals surface area contributed by atoms with Crippen LogP contribution in [0.3, 0.4) is 0 Å². The first kappa shape index (κ1) is 29.8. The Labute approximate surface area is 226 Å². The van der Waals surface area contributed by atoms with Gasteiger partial charge in [-0.1, -0.05) is 61.2 Å². The number of amides is 1. The number of carbonyl (C=O) groups excluding carboxylic acids is 1. The molecule has 1 atom stereocenters. The van der Waals surface area contributed by atoms with Gasteiger partial charge in [0, 0.05) is 6.07 Å². The maximum absolute atomic E-state index is 14.8. The number of nitrogens with zero attached hydrogens (tertiary/aromatic N) is 1. The second-order valence-electron chi connectivity index (χ2n) is 8.42. The van der Waals surface area contributed by atoms with Crippen molar-refractivity contribution in [2.24, 2.45) is 0 Å². The van der Waals surface area contributed by atoms with Crippen molar-refractivity contribution >= 4 is 5.91 Å². The Kier molecular flexibility index (Phi) is 9.56. The molecule has 40 heavy (non-hydrogen) atoms. The van der Waals surface area contributed by atoms with Crippen molar-refractivity contribution in [1.29, 1.82) is 5.26 Å². The van der Waals surface area contributed by atoms with Crippen LogP contribution in [-0.2, 0) is 5.54 Å². The summed E-state index contributed by atoms with van der Waals surface area (Å²) in [5.74, 6) is -3.51. The van der Waals surface area contributed by atoms with E-state index >= 15 is 0 Å². The average molecular weight is 557 g/mol. The van der Waals surface area contributed by atoms with E-state index in [1.807, 2.05) is 6.07 Å². The molecule has 0 radical (unpaired) electrons. The number of rotatable bonds is 11. The van der Waals surface area contributed by atoms with E-state index in [1.165, 1.54) is 42.5 Å². The van der Waals surface area contributed by atoms with Gasteiger partial charge in [0.15, 0.2) is 0 Å². The topological polar surface area (TPSA) is 62.1 Å². The van der Waals surface area contributed by atoms with E-state index in [4.69, 9.17) is 0 Å². The highest BCUT2D eigenvalue weighted by Gasteiger charge is 2.44. The summed E-state index contributed by atoms with van der Waals surface area (Å²) in [7, 11) is 0. The number of ether oxygens (including phenoxy) is 1. The molecule has 206 valence electrons. The van der Waals surface area contributed by atoms with Crippen LogP contribution in [0.4, 0.5) is 26.3 Å². The molecule has 0 aliphatic heterocycles. The fourth-order valence-electron chi connectivity index (χ4n) is 3.91. The summed E-state index contributed by atoms with van der Waals surface area (Å²) >= 11 is 0. The lowest BCUT2D eigenvalue weighted by Crippen LogP contribution is -2.47. The lowest BCUT2D eigenvalue weighted by atomic mass is 9.79. The Hall–Kier alpha value is -4.78. The van der Waals surface area contributed by atoms with Gasteiger partial charge in [0.2, 0.25) is 0 Å². The molecule has 0 heterocycles. The third-order valence-electron chi connectivity index (χ3n) is 5.75. The Bertz CT molecular complexity index is 1460. The van der Waals surface area contributed by atoms with Gasteiger partial charge < -0.3 is 10.1 Å². The predicted octanol–water partition coefficient (Wildman–Crippen LogP) is 7.44. The van der Waals surface area contributed by atoms with E-state index in [-0.39, 0.29) is 28.7 Å². The Morgan fingerprint density at radius 1 is 0.975 bits per heavy atom. The zero-order chi connectivity index (χ0) is 29.3. The van der Waals surface area contributed by atoms with E-state index in [2.05, 4.69) is 16.6 Å². The summed E-state index contributed by atoms with van der Waals surface area (Å²) in [5.41, 5.74) is -1.82. The number of benzene rings is 3. The van der Waals surface area contributed by atoms with Crippen molar-refractivity contribution in [2.75, 3.05) is 0 Å². The minimum Gasteiger partial charge on any atom is -0.428 e. The third-order valence-corrected chi connectivity index (χ3v) is 5.75. The van der Waals surface area contributed by atoms with Gasteiger partial charge >= 0.3 is 12.5 Å².